The summed E-state index contributed by atoms with van der Waals surface area (Å²) in [5.41, 5.74) is 4.78. The summed E-state index contributed by atoms with van der Waals surface area (Å²) in [6.07, 6.45) is 4.14. The van der Waals surface area contributed by atoms with Gasteiger partial charge in [0.1, 0.15) is 0 Å². The smallest absolute Gasteiger partial charge is 0.224 e. The average molecular weight is 216 g/mol. The van der Waals surface area contributed by atoms with E-state index in [0.717, 1.165) is 32.2 Å². The summed E-state index contributed by atoms with van der Waals surface area (Å²) in [4.78, 5) is 11.0. The lowest BCUT2D eigenvalue weighted by molar-refractivity contribution is -0.125. The van der Waals surface area contributed by atoms with Crippen molar-refractivity contribution in [3.8, 4) is 0 Å². The van der Waals surface area contributed by atoms with E-state index in [9.17, 15) is 4.79 Å². The number of nitrogens with one attached hydrogen (secondary N) is 1. The Morgan fingerprint density at radius 1 is 1.27 bits per heavy atom. The molecule has 15 heavy (non-hydrogen) atoms. The standard InChI is InChI=1S/C11H24N2O2/c1-11(2,10(12)15)9-13-7-5-3-4-6-8-14/h13-14H,3-9H2,1-2H3,(H2,12,15). The van der Waals surface area contributed by atoms with Crippen molar-refractivity contribution in [2.24, 2.45) is 11.1 Å². The third-order valence-electron chi connectivity index (χ3n) is 2.50. The van der Waals surface area contributed by atoms with Crippen LogP contribution in [0.2, 0.25) is 0 Å². The van der Waals surface area contributed by atoms with Gasteiger partial charge in [0.15, 0.2) is 0 Å². The van der Waals surface area contributed by atoms with Crippen molar-refractivity contribution >= 4 is 5.91 Å². The van der Waals surface area contributed by atoms with E-state index < -0.39 is 5.41 Å². The van der Waals surface area contributed by atoms with Crippen molar-refractivity contribution in [3.63, 3.8) is 0 Å². The Labute approximate surface area is 92.2 Å². The van der Waals surface area contributed by atoms with Crippen LogP contribution in [0, 0.1) is 5.41 Å². The molecule has 0 aromatic carbocycles. The fraction of sp³-hybridized carbons (Fsp3) is 0.909. The third kappa shape index (κ3) is 7.33. The van der Waals surface area contributed by atoms with Gasteiger partial charge in [0.25, 0.3) is 0 Å². The number of amides is 1. The van der Waals surface area contributed by atoms with Crippen LogP contribution in [0.5, 0.6) is 0 Å². The maximum atomic E-state index is 11.0. The topological polar surface area (TPSA) is 75.3 Å². The second kappa shape index (κ2) is 7.65. The first-order valence-electron chi connectivity index (χ1n) is 5.62. The molecular formula is C11H24N2O2. The van der Waals surface area contributed by atoms with E-state index in [4.69, 9.17) is 10.8 Å². The number of nitrogens with two attached hydrogens (primary N) is 1. The normalized spacial score (nSPS) is 11.7. The van der Waals surface area contributed by atoms with Gasteiger partial charge < -0.3 is 16.2 Å². The van der Waals surface area contributed by atoms with Crippen molar-refractivity contribution in [1.29, 1.82) is 0 Å². The number of hydrogen-bond acceptors (Lipinski definition) is 3. The molecule has 0 aliphatic rings. The summed E-state index contributed by atoms with van der Waals surface area (Å²) < 4.78 is 0. The largest absolute Gasteiger partial charge is 0.396 e. The number of primary amides is 1. The molecule has 4 N–H and O–H groups in total. The van der Waals surface area contributed by atoms with Crippen molar-refractivity contribution in [2.45, 2.75) is 39.5 Å². The lowest BCUT2D eigenvalue weighted by Gasteiger charge is -2.20. The van der Waals surface area contributed by atoms with Crippen LogP contribution >= 0.6 is 0 Å². The second-order valence-electron chi connectivity index (χ2n) is 4.56. The number of carbonyl (C=O) groups excluding carboxylic acids is 1. The molecule has 0 fully saturated rings. The van der Waals surface area contributed by atoms with E-state index >= 15 is 0 Å². The van der Waals surface area contributed by atoms with Crippen LogP contribution < -0.4 is 11.1 Å². The molecule has 0 aromatic heterocycles. The maximum Gasteiger partial charge on any atom is 0.224 e. The van der Waals surface area contributed by atoms with E-state index in [2.05, 4.69) is 5.32 Å². The zero-order valence-electron chi connectivity index (χ0n) is 9.88. The Bertz CT molecular complexity index is 181. The Morgan fingerprint density at radius 3 is 2.40 bits per heavy atom. The van der Waals surface area contributed by atoms with Crippen molar-refractivity contribution < 1.29 is 9.90 Å². The quantitative estimate of drug-likeness (QED) is 0.495. The number of aliphatic hydroxyl groups is 1. The van der Waals surface area contributed by atoms with E-state index in [-0.39, 0.29) is 12.5 Å². The van der Waals surface area contributed by atoms with Gasteiger partial charge >= 0.3 is 0 Å². The number of hydrogen-bond donors (Lipinski definition) is 3. The van der Waals surface area contributed by atoms with Crippen LogP contribution in [0.1, 0.15) is 39.5 Å². The minimum Gasteiger partial charge on any atom is -0.396 e. The average Bonchev–Trinajstić information content (AvgIpc) is 2.16. The molecule has 90 valence electrons. The van der Waals surface area contributed by atoms with Crippen molar-refractivity contribution in [2.75, 3.05) is 19.7 Å². The minimum atomic E-state index is -0.467. The van der Waals surface area contributed by atoms with Crippen LogP contribution in [0.15, 0.2) is 0 Å². The van der Waals surface area contributed by atoms with Gasteiger partial charge in [-0.2, -0.15) is 0 Å². The van der Waals surface area contributed by atoms with Crippen LogP contribution in [-0.2, 0) is 4.79 Å². The fourth-order valence-electron chi connectivity index (χ4n) is 1.20. The highest BCUT2D eigenvalue weighted by atomic mass is 16.2. The molecule has 0 unspecified atom stereocenters. The zero-order valence-corrected chi connectivity index (χ0v) is 9.88. The zero-order chi connectivity index (χ0) is 11.7. The molecular weight excluding hydrogens is 192 g/mol. The number of unbranched alkanes of at least 4 members (excludes halogenated alkanes) is 3. The number of aliphatic hydroxyl groups excluding tert-OH is 1. The molecule has 4 heteroatoms. The van der Waals surface area contributed by atoms with Crippen molar-refractivity contribution in [1.82, 2.24) is 5.32 Å². The van der Waals surface area contributed by atoms with E-state index in [0.29, 0.717) is 6.54 Å². The Kier molecular flexibility index (Phi) is 7.34. The summed E-state index contributed by atoms with van der Waals surface area (Å²) in [5.74, 6) is -0.268. The molecule has 0 aromatic rings. The van der Waals surface area contributed by atoms with Gasteiger partial charge in [-0.1, -0.05) is 12.8 Å². The SMILES string of the molecule is CC(C)(CNCCCCCCO)C(N)=O. The first-order chi connectivity index (χ1) is 7.00. The highest BCUT2D eigenvalue weighted by molar-refractivity contribution is 5.80. The third-order valence-corrected chi connectivity index (χ3v) is 2.50. The second-order valence-corrected chi connectivity index (χ2v) is 4.56. The van der Waals surface area contributed by atoms with E-state index in [1.807, 2.05) is 13.8 Å². The van der Waals surface area contributed by atoms with Gasteiger partial charge in [-0.05, 0) is 33.2 Å². The number of carbonyl (C=O) groups is 1. The van der Waals surface area contributed by atoms with Gasteiger partial charge in [0.05, 0.1) is 5.41 Å². The molecule has 0 bridgehead atoms. The first kappa shape index (κ1) is 14.4. The van der Waals surface area contributed by atoms with Gasteiger partial charge in [0, 0.05) is 13.2 Å². The Balaban J connectivity index is 3.35. The molecule has 0 aliphatic heterocycles. The highest BCUT2D eigenvalue weighted by Gasteiger charge is 2.23. The molecule has 0 spiro atoms. The molecule has 4 nitrogen and oxygen atoms in total. The monoisotopic (exact) mass is 216 g/mol. The molecule has 0 heterocycles. The lowest BCUT2D eigenvalue weighted by Crippen LogP contribution is -2.40. The fourth-order valence-corrected chi connectivity index (χ4v) is 1.20. The summed E-state index contributed by atoms with van der Waals surface area (Å²) in [6.45, 7) is 5.49. The Morgan fingerprint density at radius 2 is 1.87 bits per heavy atom. The summed E-state index contributed by atoms with van der Waals surface area (Å²) in [7, 11) is 0. The van der Waals surface area contributed by atoms with E-state index in [1.165, 1.54) is 0 Å². The highest BCUT2D eigenvalue weighted by Crippen LogP contribution is 2.11. The van der Waals surface area contributed by atoms with Gasteiger partial charge in [-0.15, -0.1) is 0 Å². The van der Waals surface area contributed by atoms with Gasteiger partial charge in [-0.3, -0.25) is 4.79 Å². The molecule has 0 radical (unpaired) electrons. The molecule has 1 amide bonds. The van der Waals surface area contributed by atoms with Crippen LogP contribution in [0.3, 0.4) is 0 Å². The lowest BCUT2D eigenvalue weighted by atomic mass is 9.93. The summed E-state index contributed by atoms with van der Waals surface area (Å²) in [5, 5.41) is 11.8. The maximum absolute atomic E-state index is 11.0. The molecule has 0 aliphatic carbocycles. The van der Waals surface area contributed by atoms with Crippen LogP contribution in [-0.4, -0.2) is 30.7 Å². The van der Waals surface area contributed by atoms with Gasteiger partial charge in [-0.25, -0.2) is 0 Å². The summed E-state index contributed by atoms with van der Waals surface area (Å²) >= 11 is 0. The Hall–Kier alpha value is -0.610. The number of rotatable bonds is 9. The van der Waals surface area contributed by atoms with Crippen LogP contribution in [0.25, 0.3) is 0 Å². The predicted molar refractivity (Wildman–Crippen MR) is 61.4 cm³/mol. The van der Waals surface area contributed by atoms with E-state index in [1.54, 1.807) is 0 Å². The van der Waals surface area contributed by atoms with Gasteiger partial charge in [0.2, 0.25) is 5.91 Å². The molecule has 0 rings (SSSR count). The molecule has 0 saturated carbocycles. The predicted octanol–water partition coefficient (Wildman–Crippen LogP) is 0.640. The van der Waals surface area contributed by atoms with Crippen molar-refractivity contribution in [3.05, 3.63) is 0 Å². The summed E-state index contributed by atoms with van der Waals surface area (Å²) in [6, 6.07) is 0. The minimum absolute atomic E-state index is 0.268. The first-order valence-corrected chi connectivity index (χ1v) is 5.62. The van der Waals surface area contributed by atoms with Crippen LogP contribution in [0.4, 0.5) is 0 Å². The molecule has 0 atom stereocenters. The molecule has 0 saturated heterocycles.